The fraction of sp³-hybridized carbons (Fsp3) is 0.308. The summed E-state index contributed by atoms with van der Waals surface area (Å²) in [5.41, 5.74) is 1.05. The number of aromatic amines is 1. The Morgan fingerprint density at radius 2 is 2.24 bits per heavy atom. The van der Waals surface area contributed by atoms with E-state index in [0.29, 0.717) is 6.42 Å². The van der Waals surface area contributed by atoms with Gasteiger partial charge in [-0.2, -0.15) is 0 Å². The average Bonchev–Trinajstić information content (AvgIpc) is 2.70. The van der Waals surface area contributed by atoms with Crippen LogP contribution >= 0.6 is 11.8 Å². The second-order valence-corrected chi connectivity index (χ2v) is 5.20. The molecule has 0 radical (unpaired) electrons. The quantitative estimate of drug-likeness (QED) is 0.797. The van der Waals surface area contributed by atoms with E-state index in [-0.39, 0.29) is 5.25 Å². The molecule has 1 atom stereocenters. The molecular formula is C13H15NO2S. The van der Waals surface area contributed by atoms with Crippen molar-refractivity contribution in [1.29, 1.82) is 0 Å². The topological polar surface area (TPSA) is 53.1 Å². The number of carboxylic acids is 1. The monoisotopic (exact) mass is 249 g/mol. The lowest BCUT2D eigenvalue weighted by atomic mass is 10.2. The minimum absolute atomic E-state index is 0.368. The van der Waals surface area contributed by atoms with Crippen molar-refractivity contribution in [2.24, 2.45) is 0 Å². The van der Waals surface area contributed by atoms with Gasteiger partial charge in [-0.1, -0.05) is 43.3 Å². The largest absolute Gasteiger partial charge is 0.480 e. The number of H-pyrrole nitrogens is 1. The summed E-state index contributed by atoms with van der Waals surface area (Å²) in [5.74, 6) is -0.740. The molecule has 1 aromatic heterocycles. The van der Waals surface area contributed by atoms with Gasteiger partial charge in [-0.3, -0.25) is 4.79 Å². The van der Waals surface area contributed by atoms with Crippen molar-refractivity contribution < 1.29 is 9.90 Å². The summed E-state index contributed by atoms with van der Waals surface area (Å²) < 4.78 is 0. The molecule has 17 heavy (non-hydrogen) atoms. The highest BCUT2D eigenvalue weighted by Gasteiger charge is 2.18. The van der Waals surface area contributed by atoms with E-state index in [9.17, 15) is 4.79 Å². The molecule has 2 rings (SSSR count). The van der Waals surface area contributed by atoms with Crippen LogP contribution in [0.5, 0.6) is 0 Å². The molecule has 0 bridgehead atoms. The third-order valence-electron chi connectivity index (χ3n) is 2.60. The SMILES string of the molecule is CCCC(Sc1cc2ccccc2[nH]1)C(=O)O. The molecular weight excluding hydrogens is 234 g/mol. The van der Waals surface area contributed by atoms with Gasteiger partial charge in [-0.15, -0.1) is 0 Å². The minimum atomic E-state index is -0.740. The molecule has 1 aromatic carbocycles. The summed E-state index contributed by atoms with van der Waals surface area (Å²) in [4.78, 5) is 14.3. The zero-order valence-corrected chi connectivity index (χ0v) is 10.5. The zero-order chi connectivity index (χ0) is 12.3. The van der Waals surface area contributed by atoms with Crippen molar-refractivity contribution in [3.63, 3.8) is 0 Å². The van der Waals surface area contributed by atoms with E-state index >= 15 is 0 Å². The maximum Gasteiger partial charge on any atom is 0.317 e. The van der Waals surface area contributed by atoms with Gasteiger partial charge < -0.3 is 10.1 Å². The Hall–Kier alpha value is -1.42. The number of fused-ring (bicyclic) bond motifs is 1. The number of carbonyl (C=O) groups is 1. The Kier molecular flexibility index (Phi) is 3.74. The van der Waals surface area contributed by atoms with Crippen molar-refractivity contribution in [3.05, 3.63) is 30.3 Å². The minimum Gasteiger partial charge on any atom is -0.480 e. The zero-order valence-electron chi connectivity index (χ0n) is 9.64. The molecule has 0 aliphatic rings. The van der Waals surface area contributed by atoms with Crippen molar-refractivity contribution >= 4 is 28.6 Å². The van der Waals surface area contributed by atoms with Crippen LogP contribution in [0.3, 0.4) is 0 Å². The molecule has 0 aliphatic carbocycles. The third kappa shape index (κ3) is 2.82. The van der Waals surface area contributed by atoms with E-state index in [0.717, 1.165) is 22.3 Å². The molecule has 0 spiro atoms. The molecule has 0 aliphatic heterocycles. The summed E-state index contributed by atoms with van der Waals surface area (Å²) in [6.07, 6.45) is 1.57. The lowest BCUT2D eigenvalue weighted by molar-refractivity contribution is -0.136. The number of aromatic nitrogens is 1. The van der Waals surface area contributed by atoms with Gasteiger partial charge >= 0.3 is 5.97 Å². The van der Waals surface area contributed by atoms with E-state index in [4.69, 9.17) is 5.11 Å². The lowest BCUT2D eigenvalue weighted by Crippen LogP contribution is -2.15. The number of carboxylic acid groups (broad SMARTS) is 1. The second kappa shape index (κ2) is 5.27. The van der Waals surface area contributed by atoms with E-state index in [1.54, 1.807) is 0 Å². The van der Waals surface area contributed by atoms with Gasteiger partial charge in [0.05, 0.1) is 5.03 Å². The maximum atomic E-state index is 11.1. The Morgan fingerprint density at radius 1 is 1.47 bits per heavy atom. The molecule has 90 valence electrons. The van der Waals surface area contributed by atoms with Gasteiger partial charge in [-0.25, -0.2) is 0 Å². The first-order valence-corrected chi connectivity index (χ1v) is 6.56. The number of rotatable bonds is 5. The van der Waals surface area contributed by atoms with Crippen molar-refractivity contribution in [2.75, 3.05) is 0 Å². The van der Waals surface area contributed by atoms with Crippen LogP contribution in [-0.2, 0) is 4.79 Å². The predicted molar refractivity (Wildman–Crippen MR) is 70.5 cm³/mol. The Labute approximate surface area is 104 Å². The normalized spacial score (nSPS) is 12.8. The highest BCUT2D eigenvalue weighted by atomic mass is 32.2. The molecule has 3 nitrogen and oxygen atoms in total. The molecule has 2 aromatic rings. The average molecular weight is 249 g/mol. The second-order valence-electron chi connectivity index (χ2n) is 3.95. The van der Waals surface area contributed by atoms with Gasteiger partial charge in [0.25, 0.3) is 0 Å². The van der Waals surface area contributed by atoms with Crippen LogP contribution in [-0.4, -0.2) is 21.3 Å². The first-order valence-electron chi connectivity index (χ1n) is 5.68. The number of benzene rings is 1. The van der Waals surface area contributed by atoms with Gasteiger partial charge in [0.1, 0.15) is 5.25 Å². The molecule has 0 amide bonds. The Balaban J connectivity index is 2.19. The summed E-state index contributed by atoms with van der Waals surface area (Å²) in [6, 6.07) is 9.96. The van der Waals surface area contributed by atoms with Crippen LogP contribution in [0.2, 0.25) is 0 Å². The van der Waals surface area contributed by atoms with Gasteiger partial charge in [0.15, 0.2) is 0 Å². The van der Waals surface area contributed by atoms with Gasteiger partial charge in [-0.05, 0) is 18.6 Å². The first kappa shape index (κ1) is 12.0. The van der Waals surface area contributed by atoms with Crippen LogP contribution in [0, 0.1) is 0 Å². The van der Waals surface area contributed by atoms with Crippen LogP contribution < -0.4 is 0 Å². The summed E-state index contributed by atoms with van der Waals surface area (Å²) >= 11 is 1.39. The van der Waals surface area contributed by atoms with Crippen LogP contribution in [0.4, 0.5) is 0 Å². The Morgan fingerprint density at radius 3 is 2.88 bits per heavy atom. The van der Waals surface area contributed by atoms with Crippen LogP contribution in [0.25, 0.3) is 10.9 Å². The van der Waals surface area contributed by atoms with Crippen LogP contribution in [0.15, 0.2) is 35.4 Å². The number of para-hydroxylation sites is 1. The summed E-state index contributed by atoms with van der Waals surface area (Å²) in [7, 11) is 0. The summed E-state index contributed by atoms with van der Waals surface area (Å²) in [5, 5.41) is 10.8. The van der Waals surface area contributed by atoms with E-state index in [2.05, 4.69) is 4.98 Å². The van der Waals surface area contributed by atoms with Gasteiger partial charge in [0.2, 0.25) is 0 Å². The number of hydrogen-bond acceptors (Lipinski definition) is 2. The molecule has 2 N–H and O–H groups in total. The first-order chi connectivity index (χ1) is 8.20. The number of nitrogens with one attached hydrogen (secondary N) is 1. The van der Waals surface area contributed by atoms with Crippen molar-refractivity contribution in [3.8, 4) is 0 Å². The number of hydrogen-bond donors (Lipinski definition) is 2. The number of thioether (sulfide) groups is 1. The standard InChI is InChI=1S/C13H15NO2S/c1-2-5-11(13(15)16)17-12-8-9-6-3-4-7-10(9)14-12/h3-4,6-8,11,14H,2,5H2,1H3,(H,15,16). The summed E-state index contributed by atoms with van der Waals surface area (Å²) in [6.45, 7) is 2.00. The molecule has 1 heterocycles. The molecule has 1 unspecified atom stereocenters. The third-order valence-corrected chi connectivity index (χ3v) is 3.80. The molecule has 0 saturated carbocycles. The van der Waals surface area contributed by atoms with Gasteiger partial charge in [0, 0.05) is 10.9 Å². The number of aliphatic carboxylic acids is 1. The van der Waals surface area contributed by atoms with E-state index in [1.807, 2.05) is 37.3 Å². The molecule has 0 saturated heterocycles. The highest BCUT2D eigenvalue weighted by Crippen LogP contribution is 2.28. The van der Waals surface area contributed by atoms with Crippen LogP contribution in [0.1, 0.15) is 19.8 Å². The van der Waals surface area contributed by atoms with Crippen molar-refractivity contribution in [1.82, 2.24) is 4.98 Å². The Bertz CT molecular complexity index is 488. The fourth-order valence-corrected chi connectivity index (χ4v) is 2.88. The fourth-order valence-electron chi connectivity index (χ4n) is 1.76. The lowest BCUT2D eigenvalue weighted by Gasteiger charge is -2.08. The maximum absolute atomic E-state index is 11.1. The smallest absolute Gasteiger partial charge is 0.317 e. The van der Waals surface area contributed by atoms with Crippen molar-refractivity contribution in [2.45, 2.75) is 30.0 Å². The highest BCUT2D eigenvalue weighted by molar-refractivity contribution is 8.00. The van der Waals surface area contributed by atoms with E-state index in [1.165, 1.54) is 11.8 Å². The van der Waals surface area contributed by atoms with E-state index < -0.39 is 5.97 Å². The predicted octanol–water partition coefficient (Wildman–Crippen LogP) is 3.51. The molecule has 0 fully saturated rings. The molecule has 4 heteroatoms.